The smallest absolute Gasteiger partial charge is 0.209 e. The number of rotatable bonds is 7. The first-order chi connectivity index (χ1) is 6.35. The van der Waals surface area contributed by atoms with Crippen molar-refractivity contribution in [2.45, 2.75) is 27.2 Å². The van der Waals surface area contributed by atoms with Crippen LogP contribution in [0.5, 0.6) is 0 Å². The molecule has 0 amide bonds. The van der Waals surface area contributed by atoms with Gasteiger partial charge < -0.3 is 4.90 Å². The summed E-state index contributed by atoms with van der Waals surface area (Å²) in [6, 6.07) is 0. The second kappa shape index (κ2) is 6.37. The van der Waals surface area contributed by atoms with Crippen molar-refractivity contribution in [2.75, 3.05) is 25.4 Å². The van der Waals surface area contributed by atoms with Gasteiger partial charge in [-0.05, 0) is 25.4 Å². The van der Waals surface area contributed by atoms with E-state index < -0.39 is 10.0 Å². The lowest BCUT2D eigenvalue weighted by atomic mass is 10.2. The van der Waals surface area contributed by atoms with Gasteiger partial charge in [-0.2, -0.15) is 0 Å². The first-order valence-corrected chi connectivity index (χ1v) is 6.79. The van der Waals surface area contributed by atoms with E-state index in [9.17, 15) is 8.42 Å². The van der Waals surface area contributed by atoms with E-state index in [0.29, 0.717) is 12.3 Å². The number of primary sulfonamides is 1. The second-order valence-corrected chi connectivity index (χ2v) is 5.74. The number of hydrogen-bond donors (Lipinski definition) is 1. The molecule has 0 unspecified atom stereocenters. The number of sulfonamides is 1. The van der Waals surface area contributed by atoms with Gasteiger partial charge in [-0.3, -0.25) is 0 Å². The predicted octanol–water partition coefficient (Wildman–Crippen LogP) is 0.643. The van der Waals surface area contributed by atoms with E-state index >= 15 is 0 Å². The minimum absolute atomic E-state index is 0.0849. The Balaban J connectivity index is 3.74. The van der Waals surface area contributed by atoms with Crippen molar-refractivity contribution in [1.82, 2.24) is 4.90 Å². The molecule has 0 radical (unpaired) electrons. The van der Waals surface area contributed by atoms with E-state index in [0.717, 1.165) is 19.6 Å². The Hall–Kier alpha value is -0.130. The molecule has 0 saturated heterocycles. The zero-order valence-corrected chi connectivity index (χ0v) is 10.2. The summed E-state index contributed by atoms with van der Waals surface area (Å²) in [6.07, 6.45) is 0.624. The van der Waals surface area contributed by atoms with Crippen LogP contribution >= 0.6 is 0 Å². The Labute approximate surface area is 87.5 Å². The van der Waals surface area contributed by atoms with Crippen LogP contribution in [0.2, 0.25) is 0 Å². The van der Waals surface area contributed by atoms with Gasteiger partial charge in [0.15, 0.2) is 0 Å². The van der Waals surface area contributed by atoms with Crippen molar-refractivity contribution in [1.29, 1.82) is 0 Å². The largest absolute Gasteiger partial charge is 0.303 e. The van der Waals surface area contributed by atoms with Crippen LogP contribution in [0, 0.1) is 5.92 Å². The molecule has 0 saturated carbocycles. The summed E-state index contributed by atoms with van der Waals surface area (Å²) in [6.45, 7) is 9.18. The highest BCUT2D eigenvalue weighted by molar-refractivity contribution is 7.89. The minimum atomic E-state index is -3.28. The van der Waals surface area contributed by atoms with Gasteiger partial charge in [-0.15, -0.1) is 0 Å². The van der Waals surface area contributed by atoms with Crippen molar-refractivity contribution in [3.8, 4) is 0 Å². The molecule has 0 bridgehead atoms. The van der Waals surface area contributed by atoms with E-state index in [-0.39, 0.29) is 5.75 Å². The van der Waals surface area contributed by atoms with Gasteiger partial charge in [0.25, 0.3) is 0 Å². The summed E-state index contributed by atoms with van der Waals surface area (Å²) in [5.41, 5.74) is 0. The first kappa shape index (κ1) is 13.9. The molecule has 0 aliphatic rings. The fourth-order valence-electron chi connectivity index (χ4n) is 1.38. The lowest BCUT2D eigenvalue weighted by molar-refractivity contribution is 0.257. The van der Waals surface area contributed by atoms with Crippen molar-refractivity contribution < 1.29 is 8.42 Å². The number of hydrogen-bond acceptors (Lipinski definition) is 3. The molecule has 0 aliphatic carbocycles. The average Bonchev–Trinajstić information content (AvgIpc) is 1.99. The Bertz CT molecular complexity index is 237. The van der Waals surface area contributed by atoms with Gasteiger partial charge in [-0.25, -0.2) is 13.6 Å². The zero-order valence-electron chi connectivity index (χ0n) is 9.36. The van der Waals surface area contributed by atoms with Crippen LogP contribution in [-0.4, -0.2) is 38.7 Å². The van der Waals surface area contributed by atoms with E-state index in [1.807, 2.05) is 0 Å². The fourth-order valence-corrected chi connectivity index (χ4v) is 1.92. The van der Waals surface area contributed by atoms with Crippen LogP contribution < -0.4 is 5.14 Å². The maximum atomic E-state index is 10.7. The van der Waals surface area contributed by atoms with Crippen LogP contribution in [0.4, 0.5) is 0 Å². The lowest BCUT2D eigenvalue weighted by Crippen LogP contribution is -2.30. The average molecular weight is 222 g/mol. The van der Waals surface area contributed by atoms with Crippen LogP contribution in [-0.2, 0) is 10.0 Å². The molecule has 0 heterocycles. The van der Waals surface area contributed by atoms with Crippen LogP contribution in [0.3, 0.4) is 0 Å². The lowest BCUT2D eigenvalue weighted by Gasteiger charge is -2.21. The molecule has 2 N–H and O–H groups in total. The molecule has 0 aromatic carbocycles. The van der Waals surface area contributed by atoms with Crippen LogP contribution in [0.15, 0.2) is 0 Å². The molecule has 4 nitrogen and oxygen atoms in total. The SMILES string of the molecule is CCN(CCCS(N)(=O)=O)CC(C)C. The Morgan fingerprint density at radius 3 is 2.29 bits per heavy atom. The predicted molar refractivity (Wildman–Crippen MR) is 59.5 cm³/mol. The summed E-state index contributed by atoms with van der Waals surface area (Å²) in [5, 5.41) is 4.92. The fraction of sp³-hybridized carbons (Fsp3) is 1.00. The number of nitrogens with zero attached hydrogens (tertiary/aromatic N) is 1. The molecule has 0 aromatic rings. The maximum Gasteiger partial charge on any atom is 0.209 e. The third-order valence-electron chi connectivity index (χ3n) is 1.97. The standard InChI is InChI=1S/C9H22N2O2S/c1-4-11(8-9(2)3)6-5-7-14(10,12)13/h9H,4-8H2,1-3H3,(H2,10,12,13). The molecule has 14 heavy (non-hydrogen) atoms. The highest BCUT2D eigenvalue weighted by atomic mass is 32.2. The Morgan fingerprint density at radius 2 is 1.93 bits per heavy atom. The molecule has 0 aromatic heterocycles. The Kier molecular flexibility index (Phi) is 6.31. The van der Waals surface area contributed by atoms with Gasteiger partial charge >= 0.3 is 0 Å². The first-order valence-electron chi connectivity index (χ1n) is 5.08. The molecule has 0 atom stereocenters. The maximum absolute atomic E-state index is 10.7. The second-order valence-electron chi connectivity index (χ2n) is 4.01. The monoisotopic (exact) mass is 222 g/mol. The summed E-state index contributed by atoms with van der Waals surface area (Å²) >= 11 is 0. The van der Waals surface area contributed by atoms with Gasteiger partial charge in [0.05, 0.1) is 5.75 Å². The minimum Gasteiger partial charge on any atom is -0.303 e. The van der Waals surface area contributed by atoms with Crippen molar-refractivity contribution in [3.63, 3.8) is 0 Å². The van der Waals surface area contributed by atoms with Crippen LogP contribution in [0.1, 0.15) is 27.2 Å². The van der Waals surface area contributed by atoms with E-state index in [2.05, 4.69) is 25.7 Å². The van der Waals surface area contributed by atoms with E-state index in [4.69, 9.17) is 5.14 Å². The molecule has 0 aliphatic heterocycles. The molecule has 86 valence electrons. The molecular weight excluding hydrogens is 200 g/mol. The quantitative estimate of drug-likeness (QED) is 0.687. The van der Waals surface area contributed by atoms with Crippen molar-refractivity contribution in [2.24, 2.45) is 11.1 Å². The summed E-state index contributed by atoms with van der Waals surface area (Å²) in [5.74, 6) is 0.700. The molecule has 5 heteroatoms. The highest BCUT2D eigenvalue weighted by Crippen LogP contribution is 1.99. The summed E-state index contributed by atoms with van der Waals surface area (Å²) < 4.78 is 21.4. The van der Waals surface area contributed by atoms with Crippen LogP contribution in [0.25, 0.3) is 0 Å². The third-order valence-corrected chi connectivity index (χ3v) is 2.83. The zero-order chi connectivity index (χ0) is 11.2. The van der Waals surface area contributed by atoms with Gasteiger partial charge in [-0.1, -0.05) is 20.8 Å². The third kappa shape index (κ3) is 8.47. The van der Waals surface area contributed by atoms with E-state index in [1.54, 1.807) is 0 Å². The molecule has 0 spiro atoms. The summed E-state index contributed by atoms with van der Waals surface area (Å²) in [4.78, 5) is 2.25. The van der Waals surface area contributed by atoms with Crippen molar-refractivity contribution >= 4 is 10.0 Å². The van der Waals surface area contributed by atoms with Gasteiger partial charge in [0.2, 0.25) is 10.0 Å². The molecule has 0 fully saturated rings. The normalized spacial score (nSPS) is 12.7. The van der Waals surface area contributed by atoms with E-state index in [1.165, 1.54) is 0 Å². The van der Waals surface area contributed by atoms with Gasteiger partial charge in [0, 0.05) is 6.54 Å². The molecular formula is C9H22N2O2S. The molecule has 0 rings (SSSR count). The summed E-state index contributed by atoms with van der Waals surface area (Å²) in [7, 11) is -3.28. The highest BCUT2D eigenvalue weighted by Gasteiger charge is 2.07. The topological polar surface area (TPSA) is 63.4 Å². The van der Waals surface area contributed by atoms with Gasteiger partial charge in [0.1, 0.15) is 0 Å². The van der Waals surface area contributed by atoms with Crippen molar-refractivity contribution in [3.05, 3.63) is 0 Å². The Morgan fingerprint density at radius 1 is 1.36 bits per heavy atom. The number of nitrogens with two attached hydrogens (primary N) is 1.